The van der Waals surface area contributed by atoms with Gasteiger partial charge < -0.3 is 9.97 Å². The molecule has 16 nitrogen and oxygen atoms in total. The normalized spacial score (nSPS) is 12.9. The minimum atomic E-state index is -4.55. The predicted octanol–water partition coefficient (Wildman–Crippen LogP) is 8.31. The number of aromatic amines is 2. The van der Waals surface area contributed by atoms with Gasteiger partial charge in [0.25, 0.3) is 40.5 Å². The summed E-state index contributed by atoms with van der Waals surface area (Å²) in [7, 11) is -18.2. The maximum Gasteiger partial charge on any atom is 0.294 e. The van der Waals surface area contributed by atoms with E-state index in [-0.39, 0.29) is 39.1 Å². The van der Waals surface area contributed by atoms with Crippen LogP contribution in [0.4, 0.5) is 0 Å². The maximum absolute atomic E-state index is 12.0. The van der Waals surface area contributed by atoms with Gasteiger partial charge in [-0.1, -0.05) is 48.5 Å². The van der Waals surface area contributed by atoms with Gasteiger partial charge >= 0.3 is 0 Å². The average Bonchev–Trinajstić information content (AvgIpc) is 4.08. The molecule has 0 spiro atoms. The smallest absolute Gasteiger partial charge is 0.294 e. The Morgan fingerprint density at radius 3 is 0.662 bits per heavy atom. The van der Waals surface area contributed by atoms with E-state index in [1.807, 2.05) is 0 Å². The third-order valence-corrected chi connectivity index (χ3v) is 14.0. The first kappa shape index (κ1) is 45.3. The van der Waals surface area contributed by atoms with E-state index in [0.717, 1.165) is 0 Å². The predicted molar refractivity (Wildman–Crippen MR) is 240 cm³/mol. The van der Waals surface area contributed by atoms with Crippen LogP contribution in [0.25, 0.3) is 90.9 Å². The molecule has 9 rings (SSSR count). The van der Waals surface area contributed by atoms with Gasteiger partial charge in [-0.15, -0.1) is 0 Å². The van der Waals surface area contributed by atoms with Crippen molar-refractivity contribution >= 4 is 86.8 Å². The molecule has 0 amide bonds. The molecule has 0 saturated heterocycles. The van der Waals surface area contributed by atoms with Crippen molar-refractivity contribution in [2.24, 2.45) is 0 Å². The van der Waals surface area contributed by atoms with E-state index in [9.17, 15) is 51.9 Å². The SMILES string of the molecule is O=S(=O)(O)c1ccc(-c2c3nc(c(-c4ccc(S(=O)(=O)O)cc4)c4ccc([nH]4)c(-c4ccc(S(=O)(=O)O)cc4)c4nc(c(-c5ccc(S(=O)(=O)O)cc5)c5ccc2[nH]5)C=C4)C=C3)cc1.[Zn]. The van der Waals surface area contributed by atoms with Crippen molar-refractivity contribution in [1.82, 2.24) is 19.9 Å². The quantitative estimate of drug-likeness (QED) is 0.0617. The van der Waals surface area contributed by atoms with E-state index in [2.05, 4.69) is 9.97 Å². The van der Waals surface area contributed by atoms with E-state index in [4.69, 9.17) is 9.97 Å². The summed E-state index contributed by atoms with van der Waals surface area (Å²) in [6, 6.07) is 29.0. The number of hydrogen-bond acceptors (Lipinski definition) is 10. The van der Waals surface area contributed by atoms with Crippen molar-refractivity contribution in [3.8, 4) is 44.5 Å². The van der Waals surface area contributed by atoms with Crippen molar-refractivity contribution in [1.29, 1.82) is 0 Å². The Morgan fingerprint density at radius 2 is 0.492 bits per heavy atom. The van der Waals surface area contributed by atoms with Crippen molar-refractivity contribution in [2.75, 3.05) is 0 Å². The molecule has 65 heavy (non-hydrogen) atoms. The van der Waals surface area contributed by atoms with E-state index in [1.54, 1.807) is 48.6 Å². The molecule has 21 heteroatoms. The molecular weight excluding hydrogens is 970 g/mol. The van der Waals surface area contributed by atoms with Gasteiger partial charge in [-0.25, -0.2) is 9.97 Å². The van der Waals surface area contributed by atoms with E-state index in [1.165, 1.54) is 97.1 Å². The van der Waals surface area contributed by atoms with Gasteiger partial charge in [-0.05, 0) is 119 Å². The Bertz CT molecular complexity index is 3300. The number of nitrogens with zero attached hydrogens (tertiary/aromatic N) is 2. The minimum Gasteiger partial charge on any atom is -0.354 e. The number of fused-ring (bicyclic) bond motifs is 8. The summed E-state index contributed by atoms with van der Waals surface area (Å²) in [6.07, 6.45) is 6.92. The first-order valence-electron chi connectivity index (χ1n) is 18.7. The largest absolute Gasteiger partial charge is 0.354 e. The zero-order valence-corrected chi connectivity index (χ0v) is 39.4. The standard InChI is InChI=1S/C44H30N4O12S4.Zn/c49-61(50,51)29-9-1-25(2-10-29)41-33-17-19-35(45-33)42(26-3-11-30(12-4-26)62(52,53)54)37-21-23-39(47-37)44(28-7-15-32(16-8-28)64(58,59)60)40-24-22-38(48-40)43(36-20-18-34(41)46-36)27-5-13-31(14-6-27)63(55,56)57;/h1-24,45,48H,(H,49,50,51)(H,52,53,54)(H,55,56,57)(H,58,59,60);. The molecular formula is C44H30N4O12S4Zn. The summed E-state index contributed by atoms with van der Waals surface area (Å²) >= 11 is 0. The Labute approximate surface area is 383 Å². The van der Waals surface area contributed by atoms with Crippen LogP contribution in [0, 0.1) is 0 Å². The Balaban J connectivity index is 0.00000576. The van der Waals surface area contributed by atoms with Gasteiger partial charge in [0.15, 0.2) is 0 Å². The molecule has 2 aliphatic rings. The molecule has 2 aliphatic heterocycles. The van der Waals surface area contributed by atoms with Gasteiger partial charge in [0, 0.05) is 63.8 Å². The van der Waals surface area contributed by atoms with Crippen LogP contribution in [0.2, 0.25) is 0 Å². The third kappa shape index (κ3) is 8.93. The molecule has 7 aromatic rings. The van der Waals surface area contributed by atoms with Crippen molar-refractivity contribution < 1.29 is 71.4 Å². The van der Waals surface area contributed by atoms with Crippen molar-refractivity contribution in [2.45, 2.75) is 19.6 Å². The van der Waals surface area contributed by atoms with Crippen LogP contribution >= 0.6 is 0 Å². The summed E-state index contributed by atoms with van der Waals surface area (Å²) in [4.78, 5) is 15.6. The van der Waals surface area contributed by atoms with Gasteiger partial charge in [0.1, 0.15) is 0 Å². The number of H-pyrrole nitrogens is 2. The van der Waals surface area contributed by atoms with Crippen LogP contribution < -0.4 is 0 Å². The Kier molecular flexibility index (Phi) is 11.6. The van der Waals surface area contributed by atoms with Crippen LogP contribution in [0.1, 0.15) is 22.8 Å². The molecule has 6 N–H and O–H groups in total. The average molecular weight is 1000 g/mol. The van der Waals surface area contributed by atoms with Crippen LogP contribution in [-0.4, -0.2) is 71.8 Å². The van der Waals surface area contributed by atoms with E-state index >= 15 is 0 Å². The monoisotopic (exact) mass is 998 g/mol. The number of benzene rings is 4. The summed E-state index contributed by atoms with van der Waals surface area (Å²) in [6.45, 7) is 0. The Morgan fingerprint density at radius 1 is 0.308 bits per heavy atom. The van der Waals surface area contributed by atoms with Gasteiger partial charge in [-0.2, -0.15) is 33.7 Å². The van der Waals surface area contributed by atoms with Crippen molar-refractivity contribution in [3.63, 3.8) is 0 Å². The second-order valence-corrected chi connectivity index (χ2v) is 20.2. The fourth-order valence-corrected chi connectivity index (χ4v) is 9.51. The van der Waals surface area contributed by atoms with Crippen LogP contribution in [0.3, 0.4) is 0 Å². The van der Waals surface area contributed by atoms with Gasteiger partial charge in [0.2, 0.25) is 0 Å². The molecule has 0 radical (unpaired) electrons. The van der Waals surface area contributed by atoms with Crippen LogP contribution in [-0.2, 0) is 60.0 Å². The van der Waals surface area contributed by atoms with Crippen molar-refractivity contribution in [3.05, 3.63) is 144 Å². The fourth-order valence-electron chi connectivity index (χ4n) is 7.59. The molecule has 0 aliphatic carbocycles. The summed E-state index contributed by atoms with van der Waals surface area (Å²) < 4.78 is 135. The molecule has 5 heterocycles. The zero-order chi connectivity index (χ0) is 45.3. The number of rotatable bonds is 8. The molecule has 4 aromatic carbocycles. The molecule has 0 fully saturated rings. The molecule has 0 atom stereocenters. The van der Waals surface area contributed by atoms with Gasteiger partial charge in [0.05, 0.1) is 42.4 Å². The molecule has 0 unspecified atom stereocenters. The first-order valence-corrected chi connectivity index (χ1v) is 24.5. The van der Waals surface area contributed by atoms with E-state index < -0.39 is 40.5 Å². The summed E-state index contributed by atoms with van der Waals surface area (Å²) in [5.41, 5.74) is 7.41. The second kappa shape index (κ2) is 16.6. The fraction of sp³-hybridized carbons (Fsp3) is 0. The maximum atomic E-state index is 12.0. The van der Waals surface area contributed by atoms with E-state index in [0.29, 0.717) is 89.4 Å². The zero-order valence-electron chi connectivity index (χ0n) is 33.1. The third-order valence-electron chi connectivity index (χ3n) is 10.5. The summed E-state index contributed by atoms with van der Waals surface area (Å²) in [5.74, 6) is 0. The Hall–Kier alpha value is -6.26. The van der Waals surface area contributed by atoms with Crippen LogP contribution in [0.15, 0.2) is 141 Å². The number of hydrogen-bond donors (Lipinski definition) is 6. The second-order valence-electron chi connectivity index (χ2n) is 14.5. The topological polar surface area (TPSA) is 275 Å². The number of nitrogens with one attached hydrogen (secondary N) is 2. The molecule has 0 saturated carbocycles. The van der Waals surface area contributed by atoms with Crippen LogP contribution in [0.5, 0.6) is 0 Å². The molecule has 324 valence electrons. The number of aromatic nitrogens is 4. The molecule has 3 aromatic heterocycles. The minimum absolute atomic E-state index is 0. The van der Waals surface area contributed by atoms with Gasteiger partial charge in [-0.3, -0.25) is 18.2 Å². The molecule has 8 bridgehead atoms. The summed E-state index contributed by atoms with van der Waals surface area (Å²) in [5, 5.41) is 0. The first-order chi connectivity index (χ1) is 30.2.